The molecule has 0 aromatic carbocycles. The van der Waals surface area contributed by atoms with Gasteiger partial charge in [0.15, 0.2) is 0 Å². The number of nitrogens with one attached hydrogen (secondary N) is 1. The Kier molecular flexibility index (Phi) is 8.03. The van der Waals surface area contributed by atoms with Gasteiger partial charge in [-0.2, -0.15) is 0 Å². The van der Waals surface area contributed by atoms with Crippen LogP contribution in [-0.4, -0.2) is 82.9 Å². The fourth-order valence-electron chi connectivity index (χ4n) is 13.5. The van der Waals surface area contributed by atoms with E-state index in [1.165, 1.54) is 13.3 Å². The summed E-state index contributed by atoms with van der Waals surface area (Å²) in [6.45, 7) is 18.8. The van der Waals surface area contributed by atoms with Gasteiger partial charge in [0.25, 0.3) is 0 Å². The average Bonchev–Trinajstić information content (AvgIpc) is 3.61. The van der Waals surface area contributed by atoms with Crippen molar-refractivity contribution in [2.45, 2.75) is 150 Å². The molecule has 0 bridgehead atoms. The number of nitrogens with zero attached hydrogens (tertiary/aromatic N) is 1. The van der Waals surface area contributed by atoms with E-state index >= 15 is 0 Å². The molecule has 5 saturated carbocycles. The van der Waals surface area contributed by atoms with Gasteiger partial charge >= 0.3 is 18.2 Å². The van der Waals surface area contributed by atoms with E-state index in [0.29, 0.717) is 17.8 Å². The summed E-state index contributed by atoms with van der Waals surface area (Å²) in [5.74, 6) is 0.372. The number of carbonyl (C=O) groups excluding carboxylic acids is 2. The molecule has 10 heteroatoms. The molecule has 7 aliphatic rings. The number of aliphatic hydroxyl groups excluding tert-OH is 1. The van der Waals surface area contributed by atoms with Crippen LogP contribution in [0.5, 0.6) is 0 Å². The molecule has 3 N–H and O–H groups in total. The van der Waals surface area contributed by atoms with Crippen molar-refractivity contribution < 1.29 is 38.8 Å². The van der Waals surface area contributed by atoms with Gasteiger partial charge in [-0.25, -0.2) is 9.59 Å². The van der Waals surface area contributed by atoms with Gasteiger partial charge in [-0.15, -0.1) is 0 Å². The van der Waals surface area contributed by atoms with Crippen molar-refractivity contribution in [3.8, 4) is 0 Å². The van der Waals surface area contributed by atoms with Gasteiger partial charge in [-0.1, -0.05) is 48.5 Å². The predicted molar refractivity (Wildman–Crippen MR) is 178 cm³/mol. The summed E-state index contributed by atoms with van der Waals surface area (Å²) in [5.41, 5.74) is -0.277. The monoisotopic (exact) mass is 672 g/mol. The lowest BCUT2D eigenvalue weighted by Crippen LogP contribution is -2.60. The van der Waals surface area contributed by atoms with Crippen LogP contribution in [0.1, 0.15) is 113 Å². The molecule has 0 radical (unpaired) electrons. The van der Waals surface area contributed by atoms with Gasteiger partial charge in [0.05, 0.1) is 18.3 Å². The number of likely N-dealkylation sites (tertiary alicyclic amines) is 1. The summed E-state index contributed by atoms with van der Waals surface area (Å²) < 4.78 is 19.1. The zero-order valence-corrected chi connectivity index (χ0v) is 30.4. The van der Waals surface area contributed by atoms with Gasteiger partial charge in [0.1, 0.15) is 18.2 Å². The third kappa shape index (κ3) is 4.51. The minimum atomic E-state index is -1.08. The predicted octanol–water partition coefficient (Wildman–Crippen LogP) is 6.23. The first kappa shape index (κ1) is 34.4. The second-order valence-electron chi connectivity index (χ2n) is 18.6. The summed E-state index contributed by atoms with van der Waals surface area (Å²) in [7, 11) is 0. The molecule has 0 aromatic rings. The zero-order valence-electron chi connectivity index (χ0n) is 30.4. The number of amides is 2. The smallest absolute Gasteiger partial charge is 0.410 e. The van der Waals surface area contributed by atoms with Crippen molar-refractivity contribution in [1.29, 1.82) is 0 Å². The second kappa shape index (κ2) is 11.2. The van der Waals surface area contributed by atoms with E-state index in [-0.39, 0.29) is 69.4 Å². The van der Waals surface area contributed by atoms with Crippen LogP contribution < -0.4 is 5.32 Å². The lowest BCUT2D eigenvalue weighted by Gasteiger charge is -2.63. The standard InChI is InChI=1S/C38H60N2O8/c1-20(2)28(48-33(45)40-16-9-17-40)23-18-21(3)27-29(46-23)30(41)36(8)25-11-10-24-34(5,6)26(47-32(44)39-22(4)31(42)43)12-13-37(24)19-38(25,37)15-14-35(27,36)7/h20-30,41H,9-19H2,1-8H3,(H,39,44)(H,42,43)/t21-,22+,23-,24+,25+,26+,27+,28-,29+,30+,35-,36-,37-,38+/m1/s1. The molecule has 48 heavy (non-hydrogen) atoms. The Labute approximate surface area is 286 Å². The van der Waals surface area contributed by atoms with E-state index in [2.05, 4.69) is 53.8 Å². The molecule has 5 aliphatic carbocycles. The van der Waals surface area contributed by atoms with Crippen molar-refractivity contribution in [2.75, 3.05) is 13.1 Å². The average molecular weight is 673 g/mol. The van der Waals surface area contributed by atoms with Gasteiger partial charge in [0.2, 0.25) is 0 Å². The lowest BCUT2D eigenvalue weighted by atomic mass is 9.41. The molecule has 2 heterocycles. The van der Waals surface area contributed by atoms with E-state index in [0.717, 1.165) is 64.5 Å². The van der Waals surface area contributed by atoms with E-state index in [4.69, 9.17) is 14.2 Å². The van der Waals surface area contributed by atoms with Crippen LogP contribution >= 0.6 is 0 Å². The van der Waals surface area contributed by atoms with E-state index in [1.807, 2.05) is 0 Å². The Morgan fingerprint density at radius 2 is 1.62 bits per heavy atom. The van der Waals surface area contributed by atoms with Crippen molar-refractivity contribution in [2.24, 2.45) is 56.7 Å². The Hall–Kier alpha value is -2.07. The number of fused-ring (bicyclic) bond motifs is 4. The largest absolute Gasteiger partial charge is 0.480 e. The van der Waals surface area contributed by atoms with E-state index < -0.39 is 24.2 Å². The Morgan fingerprint density at radius 1 is 0.958 bits per heavy atom. The Morgan fingerprint density at radius 3 is 2.25 bits per heavy atom. The molecule has 2 saturated heterocycles. The quantitative estimate of drug-likeness (QED) is 0.302. The number of carbonyl (C=O) groups is 3. The third-order valence-electron chi connectivity index (χ3n) is 16.1. The van der Waals surface area contributed by atoms with Crippen molar-refractivity contribution >= 4 is 18.2 Å². The van der Waals surface area contributed by atoms with Gasteiger partial charge in [-0.05, 0) is 111 Å². The van der Waals surface area contributed by atoms with Crippen LogP contribution in [0.25, 0.3) is 0 Å². The van der Waals surface area contributed by atoms with Gasteiger partial charge in [-0.3, -0.25) is 4.79 Å². The summed E-state index contributed by atoms with van der Waals surface area (Å²) in [6, 6.07) is -1.00. The molecule has 7 fully saturated rings. The minimum Gasteiger partial charge on any atom is -0.480 e. The molecule has 2 amide bonds. The number of carboxylic acids is 1. The molecule has 14 atom stereocenters. The Balaban J connectivity index is 1.11. The summed E-state index contributed by atoms with van der Waals surface area (Å²) in [4.78, 5) is 38.7. The number of hydrogen-bond acceptors (Lipinski definition) is 7. The molecule has 2 spiro atoms. The van der Waals surface area contributed by atoms with Crippen LogP contribution in [-0.2, 0) is 19.0 Å². The highest BCUT2D eigenvalue weighted by Gasteiger charge is 2.84. The lowest BCUT2D eigenvalue weighted by molar-refractivity contribution is -0.185. The highest BCUT2D eigenvalue weighted by atomic mass is 16.6. The van der Waals surface area contributed by atoms with E-state index in [9.17, 15) is 24.6 Å². The van der Waals surface area contributed by atoms with Crippen LogP contribution in [0.15, 0.2) is 0 Å². The number of aliphatic hydroxyl groups is 1. The van der Waals surface area contributed by atoms with E-state index in [1.54, 1.807) is 4.90 Å². The van der Waals surface area contributed by atoms with Crippen LogP contribution in [0, 0.1) is 56.7 Å². The molecular weight excluding hydrogens is 612 g/mol. The van der Waals surface area contributed by atoms with Gasteiger partial charge in [0, 0.05) is 23.9 Å². The number of rotatable bonds is 6. The molecule has 0 unspecified atom stereocenters. The van der Waals surface area contributed by atoms with Gasteiger partial charge < -0.3 is 34.6 Å². The normalized spacial score (nSPS) is 47.9. The molecular formula is C38H60N2O8. The summed E-state index contributed by atoms with van der Waals surface area (Å²) in [6.07, 6.45) is 6.43. The number of ether oxygens (including phenoxy) is 3. The highest BCUT2D eigenvalue weighted by Crippen LogP contribution is 2.89. The zero-order chi connectivity index (χ0) is 34.8. The topological polar surface area (TPSA) is 135 Å². The first-order valence-electron chi connectivity index (χ1n) is 18.9. The maximum absolute atomic E-state index is 12.9. The van der Waals surface area contributed by atoms with Crippen LogP contribution in [0.2, 0.25) is 0 Å². The SMILES string of the molecule is CC(C)[C@@H](OC(=O)N1CCC1)[C@H]1C[C@@H](C)[C@H]2[C@H](O1)[C@H](O)[C@@]1(C)[C@@H]3CC[C@H]4C(C)(C)[C@@H](OC(=O)N[C@@H](C)C(=O)O)CC[C@@]45C[C@@]35CC[C@]21C. The fraction of sp³-hybridized carbons (Fsp3) is 0.921. The maximum Gasteiger partial charge on any atom is 0.410 e. The molecule has 10 nitrogen and oxygen atoms in total. The van der Waals surface area contributed by atoms with Crippen molar-refractivity contribution in [1.82, 2.24) is 10.2 Å². The maximum atomic E-state index is 12.9. The third-order valence-corrected chi connectivity index (χ3v) is 16.1. The fourth-order valence-corrected chi connectivity index (χ4v) is 13.5. The van der Waals surface area contributed by atoms with Crippen molar-refractivity contribution in [3.63, 3.8) is 0 Å². The number of alkyl carbamates (subject to hydrolysis) is 1. The minimum absolute atomic E-state index is 0.0651. The highest BCUT2D eigenvalue weighted by molar-refractivity contribution is 5.79. The number of hydrogen-bond donors (Lipinski definition) is 3. The molecule has 0 aromatic heterocycles. The molecule has 2 aliphatic heterocycles. The van der Waals surface area contributed by atoms with Crippen LogP contribution in [0.3, 0.4) is 0 Å². The number of aliphatic carboxylic acids is 1. The Bertz CT molecular complexity index is 1330. The molecule has 270 valence electrons. The number of carboxylic acid groups (broad SMARTS) is 1. The first-order valence-corrected chi connectivity index (χ1v) is 18.9. The molecule has 7 rings (SSSR count). The van der Waals surface area contributed by atoms with Crippen molar-refractivity contribution in [3.05, 3.63) is 0 Å². The summed E-state index contributed by atoms with van der Waals surface area (Å²) >= 11 is 0. The van der Waals surface area contributed by atoms with Crippen LogP contribution in [0.4, 0.5) is 9.59 Å². The summed E-state index contributed by atoms with van der Waals surface area (Å²) in [5, 5.41) is 24.3. The first-order chi connectivity index (χ1) is 22.4. The second-order valence-corrected chi connectivity index (χ2v) is 18.6.